The molecule has 0 aromatic heterocycles. The smallest absolute Gasteiger partial charge is 0.105 e. The summed E-state index contributed by atoms with van der Waals surface area (Å²) in [5, 5.41) is 21.1. The molecule has 0 saturated heterocycles. The fourth-order valence-corrected chi connectivity index (χ4v) is 3.59. The van der Waals surface area contributed by atoms with E-state index in [1.807, 2.05) is 32.9 Å². The van der Waals surface area contributed by atoms with Crippen LogP contribution >= 0.6 is 0 Å². The second kappa shape index (κ2) is 5.14. The summed E-state index contributed by atoms with van der Waals surface area (Å²) in [7, 11) is 0. The third kappa shape index (κ3) is 2.85. The van der Waals surface area contributed by atoms with Crippen LogP contribution < -0.4 is 0 Å². The van der Waals surface area contributed by atoms with Gasteiger partial charge in [-0.25, -0.2) is 0 Å². The highest BCUT2D eigenvalue weighted by Crippen LogP contribution is 2.53. The molecule has 114 valence electrons. The van der Waals surface area contributed by atoms with E-state index in [-0.39, 0.29) is 5.41 Å². The first kappa shape index (κ1) is 16.0. The Morgan fingerprint density at radius 2 is 1.52 bits per heavy atom. The maximum absolute atomic E-state index is 11.3. The number of aryl methyl sites for hydroxylation is 2. The van der Waals surface area contributed by atoms with Crippen LogP contribution in [0.3, 0.4) is 0 Å². The van der Waals surface area contributed by atoms with E-state index in [0.717, 1.165) is 42.4 Å². The third-order valence-electron chi connectivity index (χ3n) is 5.39. The van der Waals surface area contributed by atoms with Gasteiger partial charge in [-0.2, -0.15) is 5.26 Å². The van der Waals surface area contributed by atoms with Crippen molar-refractivity contribution in [2.24, 2.45) is 10.8 Å². The van der Waals surface area contributed by atoms with Crippen LogP contribution in [0, 0.1) is 36.0 Å². The molecule has 1 fully saturated rings. The molecule has 1 aromatic rings. The molecule has 1 atom stereocenters. The van der Waals surface area contributed by atoms with E-state index in [1.54, 1.807) is 0 Å². The van der Waals surface area contributed by atoms with Gasteiger partial charge in [-0.3, -0.25) is 0 Å². The van der Waals surface area contributed by atoms with Crippen molar-refractivity contribution in [3.8, 4) is 6.07 Å². The zero-order chi connectivity index (χ0) is 15.9. The van der Waals surface area contributed by atoms with Crippen LogP contribution in [0.4, 0.5) is 0 Å². The number of benzene rings is 1. The van der Waals surface area contributed by atoms with Gasteiger partial charge in [-0.15, -0.1) is 0 Å². The molecule has 0 heterocycles. The Balaban J connectivity index is 2.43. The number of hydrogen-bond donors (Lipinski definition) is 1. The zero-order valence-corrected chi connectivity index (χ0v) is 14.0. The first-order valence-corrected chi connectivity index (χ1v) is 7.84. The second-order valence-electron chi connectivity index (χ2n) is 7.81. The summed E-state index contributed by atoms with van der Waals surface area (Å²) in [6.45, 7) is 10.4. The zero-order valence-electron chi connectivity index (χ0n) is 14.0. The number of hydrogen-bond acceptors (Lipinski definition) is 2. The Kier molecular flexibility index (Phi) is 3.93. The number of nitriles is 1. The summed E-state index contributed by atoms with van der Waals surface area (Å²) < 4.78 is 0. The molecule has 2 heteroatoms. The Hall–Kier alpha value is -1.33. The summed E-state index contributed by atoms with van der Waals surface area (Å²) in [5.41, 5.74) is 1.64. The molecule has 0 bridgehead atoms. The van der Waals surface area contributed by atoms with Crippen molar-refractivity contribution in [2.45, 2.75) is 65.9 Å². The normalized spacial score (nSPS) is 23.1. The summed E-state index contributed by atoms with van der Waals surface area (Å²) in [4.78, 5) is 0. The molecule has 0 aliphatic heterocycles. The van der Waals surface area contributed by atoms with Gasteiger partial charge in [0.2, 0.25) is 0 Å². The van der Waals surface area contributed by atoms with Crippen molar-refractivity contribution in [1.29, 1.82) is 5.26 Å². The van der Waals surface area contributed by atoms with Crippen molar-refractivity contribution in [1.82, 2.24) is 0 Å². The number of rotatable bonds is 2. The minimum absolute atomic E-state index is 0.277. The fourth-order valence-electron chi connectivity index (χ4n) is 3.59. The largest absolute Gasteiger partial charge is 0.384 e. The average Bonchev–Trinajstić information content (AvgIpc) is 2.38. The van der Waals surface area contributed by atoms with Gasteiger partial charge < -0.3 is 5.11 Å². The van der Waals surface area contributed by atoms with Crippen LogP contribution in [0.1, 0.15) is 63.1 Å². The molecular weight excluding hydrogens is 258 g/mol. The predicted octanol–water partition coefficient (Wildman–Crippen LogP) is 4.62. The van der Waals surface area contributed by atoms with Crippen LogP contribution in [0.15, 0.2) is 18.2 Å². The lowest BCUT2D eigenvalue weighted by Crippen LogP contribution is -2.46. The van der Waals surface area contributed by atoms with Crippen molar-refractivity contribution in [2.75, 3.05) is 0 Å². The lowest BCUT2D eigenvalue weighted by molar-refractivity contribution is -0.0773. The summed E-state index contributed by atoms with van der Waals surface area (Å²) in [5.74, 6) is 0. The topological polar surface area (TPSA) is 44.0 Å². The lowest BCUT2D eigenvalue weighted by Gasteiger charge is -2.47. The fraction of sp³-hybridized carbons (Fsp3) is 0.632. The quantitative estimate of drug-likeness (QED) is 0.861. The molecule has 1 aliphatic rings. The standard InChI is InChI=1S/C19H27NO/c1-14-10-15(2)12-16(11-14)18(5,21)19(13-20)8-6-17(3,4)7-9-19/h10-12,21H,6-9H2,1-5H3. The van der Waals surface area contributed by atoms with Gasteiger partial charge in [0.15, 0.2) is 0 Å². The van der Waals surface area contributed by atoms with Gasteiger partial charge in [0.1, 0.15) is 5.60 Å². The minimum atomic E-state index is -1.10. The van der Waals surface area contributed by atoms with Crippen molar-refractivity contribution < 1.29 is 5.11 Å². The van der Waals surface area contributed by atoms with Gasteiger partial charge in [-0.1, -0.05) is 43.2 Å². The molecule has 1 aliphatic carbocycles. The Morgan fingerprint density at radius 1 is 1.05 bits per heavy atom. The van der Waals surface area contributed by atoms with Crippen molar-refractivity contribution >= 4 is 0 Å². The SMILES string of the molecule is Cc1cc(C)cc(C(C)(O)C2(C#N)CCC(C)(C)CC2)c1. The molecule has 0 radical (unpaired) electrons. The monoisotopic (exact) mass is 285 g/mol. The molecule has 2 nitrogen and oxygen atoms in total. The van der Waals surface area contributed by atoms with Gasteiger partial charge in [-0.05, 0) is 57.4 Å². The highest BCUT2D eigenvalue weighted by molar-refractivity contribution is 5.35. The van der Waals surface area contributed by atoms with Gasteiger partial charge in [0.05, 0.1) is 11.5 Å². The predicted molar refractivity (Wildman–Crippen MR) is 85.8 cm³/mol. The van der Waals surface area contributed by atoms with Crippen LogP contribution in [-0.2, 0) is 5.60 Å². The van der Waals surface area contributed by atoms with Crippen LogP contribution in [0.25, 0.3) is 0 Å². The third-order valence-corrected chi connectivity index (χ3v) is 5.39. The van der Waals surface area contributed by atoms with Crippen molar-refractivity contribution in [3.05, 3.63) is 34.9 Å². The van der Waals surface area contributed by atoms with Crippen LogP contribution in [0.2, 0.25) is 0 Å². The van der Waals surface area contributed by atoms with E-state index >= 15 is 0 Å². The van der Waals surface area contributed by atoms with E-state index in [4.69, 9.17) is 0 Å². The first-order valence-electron chi connectivity index (χ1n) is 7.84. The molecule has 0 spiro atoms. The first-order chi connectivity index (χ1) is 9.62. The minimum Gasteiger partial charge on any atom is -0.384 e. The highest BCUT2D eigenvalue weighted by Gasteiger charge is 2.51. The molecule has 1 aromatic carbocycles. The van der Waals surface area contributed by atoms with Gasteiger partial charge in [0, 0.05) is 0 Å². The molecule has 2 rings (SSSR count). The average molecular weight is 285 g/mol. The number of aliphatic hydroxyl groups is 1. The van der Waals surface area contributed by atoms with E-state index in [0.29, 0.717) is 0 Å². The van der Waals surface area contributed by atoms with Gasteiger partial charge >= 0.3 is 0 Å². The molecule has 0 amide bonds. The van der Waals surface area contributed by atoms with E-state index < -0.39 is 11.0 Å². The van der Waals surface area contributed by atoms with Gasteiger partial charge in [0.25, 0.3) is 0 Å². The summed E-state index contributed by atoms with van der Waals surface area (Å²) >= 11 is 0. The summed E-state index contributed by atoms with van der Waals surface area (Å²) in [6, 6.07) is 8.62. The van der Waals surface area contributed by atoms with E-state index in [2.05, 4.69) is 26.0 Å². The van der Waals surface area contributed by atoms with Crippen LogP contribution in [0.5, 0.6) is 0 Å². The lowest BCUT2D eigenvalue weighted by atomic mass is 9.58. The Morgan fingerprint density at radius 3 is 1.95 bits per heavy atom. The van der Waals surface area contributed by atoms with E-state index in [1.165, 1.54) is 0 Å². The van der Waals surface area contributed by atoms with Crippen molar-refractivity contribution in [3.63, 3.8) is 0 Å². The Labute approximate surface area is 128 Å². The molecule has 1 saturated carbocycles. The van der Waals surface area contributed by atoms with E-state index in [9.17, 15) is 10.4 Å². The summed E-state index contributed by atoms with van der Waals surface area (Å²) in [6.07, 6.45) is 3.50. The maximum Gasteiger partial charge on any atom is 0.105 e. The second-order valence-corrected chi connectivity index (χ2v) is 7.81. The number of nitrogens with zero attached hydrogens (tertiary/aromatic N) is 1. The molecular formula is C19H27NO. The maximum atomic E-state index is 11.3. The Bertz CT molecular complexity index is 547. The van der Waals surface area contributed by atoms with Crippen LogP contribution in [-0.4, -0.2) is 5.11 Å². The molecule has 1 unspecified atom stereocenters. The molecule has 21 heavy (non-hydrogen) atoms. The molecule has 1 N–H and O–H groups in total. The highest BCUT2D eigenvalue weighted by atomic mass is 16.3.